The Kier molecular flexibility index (Phi) is 5.75. The predicted molar refractivity (Wildman–Crippen MR) is 78.6 cm³/mol. The predicted octanol–water partition coefficient (Wildman–Crippen LogP) is 2.84. The number of rotatable bonds is 6. The lowest BCUT2D eigenvalue weighted by molar-refractivity contribution is 0.139. The SMILES string of the molecule is O=C(NCCCC1=NCCS1)OCc1ccccc1. The molecule has 102 valence electrons. The molecule has 1 aliphatic rings. The van der Waals surface area contributed by atoms with Gasteiger partial charge in [-0.05, 0) is 18.4 Å². The Bertz CT molecular complexity index is 434. The molecular formula is C14H18N2O2S. The van der Waals surface area contributed by atoms with Crippen LogP contribution >= 0.6 is 11.8 Å². The van der Waals surface area contributed by atoms with E-state index in [0.29, 0.717) is 13.2 Å². The number of amides is 1. The van der Waals surface area contributed by atoms with Gasteiger partial charge in [0.05, 0.1) is 5.04 Å². The Balaban J connectivity index is 1.54. The van der Waals surface area contributed by atoms with Gasteiger partial charge in [0.2, 0.25) is 0 Å². The molecule has 0 bridgehead atoms. The van der Waals surface area contributed by atoms with Gasteiger partial charge in [-0.25, -0.2) is 4.79 Å². The number of aliphatic imine (C=N–C) groups is 1. The summed E-state index contributed by atoms with van der Waals surface area (Å²) in [7, 11) is 0. The number of carbonyl (C=O) groups excluding carboxylic acids is 1. The van der Waals surface area contributed by atoms with E-state index in [9.17, 15) is 4.79 Å². The Morgan fingerprint density at radius 1 is 1.37 bits per heavy atom. The number of hydrogen-bond donors (Lipinski definition) is 1. The summed E-state index contributed by atoms with van der Waals surface area (Å²) in [6, 6.07) is 9.66. The summed E-state index contributed by atoms with van der Waals surface area (Å²) >= 11 is 1.81. The van der Waals surface area contributed by atoms with Crippen LogP contribution in [0, 0.1) is 0 Å². The Morgan fingerprint density at radius 3 is 2.95 bits per heavy atom. The Morgan fingerprint density at radius 2 is 2.21 bits per heavy atom. The van der Waals surface area contributed by atoms with Gasteiger partial charge in [0.1, 0.15) is 6.61 Å². The molecule has 1 amide bonds. The molecule has 1 aromatic rings. The third kappa shape index (κ3) is 5.34. The minimum atomic E-state index is -0.357. The van der Waals surface area contributed by atoms with Gasteiger partial charge < -0.3 is 10.1 Å². The molecule has 0 saturated heterocycles. The van der Waals surface area contributed by atoms with Crippen molar-refractivity contribution in [2.75, 3.05) is 18.8 Å². The molecule has 0 aromatic heterocycles. The van der Waals surface area contributed by atoms with E-state index in [4.69, 9.17) is 4.74 Å². The summed E-state index contributed by atoms with van der Waals surface area (Å²) in [5, 5.41) is 3.96. The van der Waals surface area contributed by atoms with Crippen molar-refractivity contribution >= 4 is 22.9 Å². The lowest BCUT2D eigenvalue weighted by atomic mass is 10.2. The fourth-order valence-electron chi connectivity index (χ4n) is 1.73. The fourth-order valence-corrected chi connectivity index (χ4v) is 2.62. The van der Waals surface area contributed by atoms with E-state index in [-0.39, 0.29) is 6.09 Å². The molecule has 0 fully saturated rings. The maximum atomic E-state index is 11.4. The van der Waals surface area contributed by atoms with Crippen LogP contribution < -0.4 is 5.32 Å². The lowest BCUT2D eigenvalue weighted by Gasteiger charge is -2.06. The number of hydrogen-bond acceptors (Lipinski definition) is 4. The molecule has 2 rings (SSSR count). The number of carbonyl (C=O) groups is 1. The summed E-state index contributed by atoms with van der Waals surface area (Å²) in [5.74, 6) is 1.10. The van der Waals surface area contributed by atoms with Crippen molar-refractivity contribution in [3.8, 4) is 0 Å². The molecule has 4 nitrogen and oxygen atoms in total. The van der Waals surface area contributed by atoms with Gasteiger partial charge in [-0.3, -0.25) is 4.99 Å². The summed E-state index contributed by atoms with van der Waals surface area (Å²) in [4.78, 5) is 15.8. The summed E-state index contributed by atoms with van der Waals surface area (Å²) in [5.41, 5.74) is 0.995. The summed E-state index contributed by atoms with van der Waals surface area (Å²) < 4.78 is 5.11. The molecular weight excluding hydrogens is 260 g/mol. The van der Waals surface area contributed by atoms with Crippen LogP contribution in [0.1, 0.15) is 18.4 Å². The topological polar surface area (TPSA) is 50.7 Å². The second-order valence-corrected chi connectivity index (χ2v) is 5.38. The van der Waals surface area contributed by atoms with Crippen LogP contribution in [0.4, 0.5) is 4.79 Å². The Labute approximate surface area is 117 Å². The number of ether oxygens (including phenoxy) is 1. The van der Waals surface area contributed by atoms with E-state index in [1.807, 2.05) is 42.1 Å². The first-order valence-corrected chi connectivity index (χ1v) is 7.44. The van der Waals surface area contributed by atoms with Crippen LogP contribution in [0.15, 0.2) is 35.3 Å². The zero-order valence-electron chi connectivity index (χ0n) is 10.8. The van der Waals surface area contributed by atoms with Crippen molar-refractivity contribution in [3.63, 3.8) is 0 Å². The highest BCUT2D eigenvalue weighted by atomic mass is 32.2. The van der Waals surface area contributed by atoms with Gasteiger partial charge in [-0.1, -0.05) is 30.3 Å². The molecule has 0 saturated carbocycles. The molecule has 1 aromatic carbocycles. The highest BCUT2D eigenvalue weighted by Crippen LogP contribution is 2.15. The van der Waals surface area contributed by atoms with Crippen LogP contribution in [0.25, 0.3) is 0 Å². The smallest absolute Gasteiger partial charge is 0.407 e. The van der Waals surface area contributed by atoms with Crippen molar-refractivity contribution in [2.24, 2.45) is 4.99 Å². The van der Waals surface area contributed by atoms with E-state index in [0.717, 1.165) is 30.7 Å². The molecule has 1 N–H and O–H groups in total. The van der Waals surface area contributed by atoms with E-state index in [1.165, 1.54) is 5.04 Å². The molecule has 0 aliphatic carbocycles. The van der Waals surface area contributed by atoms with Gasteiger partial charge in [0.15, 0.2) is 0 Å². The van der Waals surface area contributed by atoms with E-state index in [1.54, 1.807) is 0 Å². The largest absolute Gasteiger partial charge is 0.445 e. The normalized spacial score (nSPS) is 14.0. The van der Waals surface area contributed by atoms with Crippen LogP contribution in [-0.2, 0) is 11.3 Å². The van der Waals surface area contributed by atoms with Crippen molar-refractivity contribution in [2.45, 2.75) is 19.4 Å². The van der Waals surface area contributed by atoms with Crippen LogP contribution in [0.5, 0.6) is 0 Å². The third-order valence-corrected chi connectivity index (χ3v) is 3.75. The van der Waals surface area contributed by atoms with Crippen molar-refractivity contribution in [3.05, 3.63) is 35.9 Å². The van der Waals surface area contributed by atoms with Gasteiger partial charge in [0.25, 0.3) is 0 Å². The van der Waals surface area contributed by atoms with Crippen molar-refractivity contribution in [1.82, 2.24) is 5.32 Å². The highest BCUT2D eigenvalue weighted by molar-refractivity contribution is 8.14. The van der Waals surface area contributed by atoms with Crippen LogP contribution in [0.2, 0.25) is 0 Å². The molecule has 5 heteroatoms. The number of nitrogens with zero attached hydrogens (tertiary/aromatic N) is 1. The minimum absolute atomic E-state index is 0.315. The first-order chi connectivity index (χ1) is 9.34. The number of nitrogens with one attached hydrogen (secondary N) is 1. The van der Waals surface area contributed by atoms with Gasteiger partial charge in [0, 0.05) is 18.8 Å². The lowest BCUT2D eigenvalue weighted by Crippen LogP contribution is -2.25. The zero-order chi connectivity index (χ0) is 13.3. The molecule has 0 unspecified atom stereocenters. The monoisotopic (exact) mass is 278 g/mol. The van der Waals surface area contributed by atoms with E-state index in [2.05, 4.69) is 10.3 Å². The molecule has 19 heavy (non-hydrogen) atoms. The van der Waals surface area contributed by atoms with E-state index < -0.39 is 0 Å². The third-order valence-electron chi connectivity index (χ3n) is 2.70. The van der Waals surface area contributed by atoms with Gasteiger partial charge in [-0.15, -0.1) is 11.8 Å². The molecule has 0 atom stereocenters. The van der Waals surface area contributed by atoms with Crippen molar-refractivity contribution < 1.29 is 9.53 Å². The molecule has 1 aliphatic heterocycles. The minimum Gasteiger partial charge on any atom is -0.445 e. The summed E-state index contributed by atoms with van der Waals surface area (Å²) in [6.07, 6.45) is 1.50. The fraction of sp³-hybridized carbons (Fsp3) is 0.429. The average molecular weight is 278 g/mol. The number of alkyl carbamates (subject to hydrolysis) is 1. The first kappa shape index (κ1) is 13.9. The van der Waals surface area contributed by atoms with E-state index >= 15 is 0 Å². The second kappa shape index (κ2) is 7.84. The molecule has 1 heterocycles. The molecule has 0 spiro atoms. The average Bonchev–Trinajstić information content (AvgIpc) is 2.96. The van der Waals surface area contributed by atoms with Crippen molar-refractivity contribution in [1.29, 1.82) is 0 Å². The van der Waals surface area contributed by atoms with Crippen LogP contribution in [-0.4, -0.2) is 30.0 Å². The maximum absolute atomic E-state index is 11.4. The van der Waals surface area contributed by atoms with Gasteiger partial charge in [-0.2, -0.15) is 0 Å². The number of thioether (sulfide) groups is 1. The first-order valence-electron chi connectivity index (χ1n) is 6.45. The zero-order valence-corrected chi connectivity index (χ0v) is 11.6. The highest BCUT2D eigenvalue weighted by Gasteiger charge is 2.07. The summed E-state index contributed by atoms with van der Waals surface area (Å²) in [6.45, 7) is 1.88. The van der Waals surface area contributed by atoms with Crippen LogP contribution in [0.3, 0.4) is 0 Å². The maximum Gasteiger partial charge on any atom is 0.407 e. The number of benzene rings is 1. The molecule has 0 radical (unpaired) electrons. The quantitative estimate of drug-likeness (QED) is 0.814. The standard InChI is InChI=1S/C14H18N2O2S/c17-14(18-11-12-5-2-1-3-6-12)16-8-4-7-13-15-9-10-19-13/h1-3,5-6H,4,7-11H2,(H,16,17). The Hall–Kier alpha value is -1.49. The second-order valence-electron chi connectivity index (χ2n) is 4.22. The van der Waals surface area contributed by atoms with Gasteiger partial charge >= 0.3 is 6.09 Å².